The SMILES string of the molecule is CC1(O)CCCN(S(=O)(=O)c2ccc(Br)cc2Cl)CC1. The third kappa shape index (κ3) is 3.54. The van der Waals surface area contributed by atoms with E-state index in [0.717, 1.165) is 4.47 Å². The molecule has 7 heteroatoms. The van der Waals surface area contributed by atoms with Crippen molar-refractivity contribution in [3.05, 3.63) is 27.7 Å². The summed E-state index contributed by atoms with van der Waals surface area (Å²) >= 11 is 9.31. The van der Waals surface area contributed by atoms with Crippen molar-refractivity contribution in [2.45, 2.75) is 36.7 Å². The van der Waals surface area contributed by atoms with Crippen LogP contribution in [0, 0.1) is 0 Å². The van der Waals surface area contributed by atoms with Crippen molar-refractivity contribution in [2.24, 2.45) is 0 Å². The molecule has 0 radical (unpaired) electrons. The summed E-state index contributed by atoms with van der Waals surface area (Å²) < 4.78 is 27.4. The van der Waals surface area contributed by atoms with Gasteiger partial charge in [0.05, 0.1) is 10.6 Å². The van der Waals surface area contributed by atoms with Crippen LogP contribution in [0.4, 0.5) is 0 Å². The summed E-state index contributed by atoms with van der Waals surface area (Å²) in [4.78, 5) is 0.115. The summed E-state index contributed by atoms with van der Waals surface area (Å²) in [6.07, 6.45) is 1.67. The highest BCUT2D eigenvalue weighted by molar-refractivity contribution is 9.10. The number of rotatable bonds is 2. The van der Waals surface area contributed by atoms with Crippen molar-refractivity contribution in [1.82, 2.24) is 4.31 Å². The lowest BCUT2D eigenvalue weighted by Gasteiger charge is -2.22. The maximum atomic E-state index is 12.6. The molecule has 1 saturated heterocycles. The Morgan fingerprint density at radius 1 is 1.35 bits per heavy atom. The van der Waals surface area contributed by atoms with Gasteiger partial charge < -0.3 is 5.11 Å². The van der Waals surface area contributed by atoms with Crippen LogP contribution in [0.3, 0.4) is 0 Å². The molecule has 1 unspecified atom stereocenters. The van der Waals surface area contributed by atoms with Crippen LogP contribution in [-0.2, 0) is 10.0 Å². The van der Waals surface area contributed by atoms with Gasteiger partial charge in [0.1, 0.15) is 4.90 Å². The van der Waals surface area contributed by atoms with E-state index in [1.807, 2.05) is 0 Å². The molecule has 1 aromatic carbocycles. The zero-order chi connectivity index (χ0) is 15.0. The lowest BCUT2D eigenvalue weighted by Crippen LogP contribution is -2.33. The molecule has 20 heavy (non-hydrogen) atoms. The molecule has 0 saturated carbocycles. The van der Waals surface area contributed by atoms with Gasteiger partial charge in [0.2, 0.25) is 10.0 Å². The molecule has 1 N–H and O–H groups in total. The third-order valence-electron chi connectivity index (χ3n) is 3.53. The van der Waals surface area contributed by atoms with E-state index in [4.69, 9.17) is 11.6 Å². The van der Waals surface area contributed by atoms with Gasteiger partial charge in [-0.2, -0.15) is 4.31 Å². The number of sulfonamides is 1. The second-order valence-corrected chi connectivity index (χ2v) is 8.56. The van der Waals surface area contributed by atoms with E-state index >= 15 is 0 Å². The summed E-state index contributed by atoms with van der Waals surface area (Å²) in [7, 11) is -3.61. The van der Waals surface area contributed by atoms with Gasteiger partial charge >= 0.3 is 0 Å². The molecule has 1 aromatic rings. The van der Waals surface area contributed by atoms with Gasteiger partial charge in [-0.25, -0.2) is 8.42 Å². The Bertz CT molecular complexity index is 604. The molecule has 1 fully saturated rings. The van der Waals surface area contributed by atoms with Crippen LogP contribution in [0.25, 0.3) is 0 Å². The molecule has 1 atom stereocenters. The number of aliphatic hydroxyl groups is 1. The fourth-order valence-electron chi connectivity index (χ4n) is 2.30. The standard InChI is InChI=1S/C13H17BrClNO3S/c1-13(17)5-2-7-16(8-6-13)20(18,19)12-4-3-10(14)9-11(12)15/h3-4,9,17H,2,5-8H2,1H3. The largest absolute Gasteiger partial charge is 0.390 e. The first-order chi connectivity index (χ1) is 9.22. The van der Waals surface area contributed by atoms with E-state index in [2.05, 4.69) is 15.9 Å². The molecular formula is C13H17BrClNO3S. The minimum atomic E-state index is -3.61. The lowest BCUT2D eigenvalue weighted by molar-refractivity contribution is 0.0465. The van der Waals surface area contributed by atoms with Gasteiger partial charge in [0, 0.05) is 17.6 Å². The Morgan fingerprint density at radius 2 is 2.05 bits per heavy atom. The van der Waals surface area contributed by atoms with Crippen LogP contribution in [0.2, 0.25) is 5.02 Å². The molecule has 0 amide bonds. The van der Waals surface area contributed by atoms with Crippen LogP contribution in [-0.4, -0.2) is 36.5 Å². The molecule has 1 aliphatic rings. The first-order valence-electron chi connectivity index (χ1n) is 6.40. The third-order valence-corrected chi connectivity index (χ3v) is 6.41. The number of hydrogen-bond donors (Lipinski definition) is 1. The van der Waals surface area contributed by atoms with Crippen LogP contribution in [0.15, 0.2) is 27.6 Å². The molecule has 0 spiro atoms. The topological polar surface area (TPSA) is 57.6 Å². The summed E-state index contributed by atoms with van der Waals surface area (Å²) in [5.74, 6) is 0. The van der Waals surface area contributed by atoms with E-state index in [0.29, 0.717) is 32.4 Å². The van der Waals surface area contributed by atoms with Gasteiger partial charge in [-0.15, -0.1) is 0 Å². The minimum absolute atomic E-state index is 0.115. The summed E-state index contributed by atoms with van der Waals surface area (Å²) in [5, 5.41) is 10.2. The quantitative estimate of drug-likeness (QED) is 0.855. The van der Waals surface area contributed by atoms with Gasteiger partial charge in [0.25, 0.3) is 0 Å². The zero-order valence-electron chi connectivity index (χ0n) is 11.1. The Labute approximate surface area is 132 Å². The van der Waals surface area contributed by atoms with Crippen molar-refractivity contribution >= 4 is 37.6 Å². The number of halogens is 2. The Kier molecular flexibility index (Phi) is 4.81. The molecule has 112 valence electrons. The molecule has 0 aliphatic carbocycles. The van der Waals surface area contributed by atoms with E-state index in [1.54, 1.807) is 19.1 Å². The van der Waals surface area contributed by atoms with Crippen LogP contribution in [0.5, 0.6) is 0 Å². The predicted molar refractivity (Wildman–Crippen MR) is 82.4 cm³/mol. The molecule has 0 aromatic heterocycles. The number of hydrogen-bond acceptors (Lipinski definition) is 3. The summed E-state index contributed by atoms with van der Waals surface area (Å²) in [6.45, 7) is 2.46. The highest BCUT2D eigenvalue weighted by atomic mass is 79.9. The zero-order valence-corrected chi connectivity index (χ0v) is 14.3. The lowest BCUT2D eigenvalue weighted by atomic mass is 9.98. The van der Waals surface area contributed by atoms with Gasteiger partial charge in [-0.1, -0.05) is 27.5 Å². The van der Waals surface area contributed by atoms with Crippen LogP contribution < -0.4 is 0 Å². The predicted octanol–water partition coefficient (Wildman–Crippen LogP) is 3.03. The summed E-state index contributed by atoms with van der Waals surface area (Å²) in [5.41, 5.74) is -0.798. The van der Waals surface area contributed by atoms with Crippen molar-refractivity contribution in [3.8, 4) is 0 Å². The minimum Gasteiger partial charge on any atom is -0.390 e. The normalized spacial score (nSPS) is 25.4. The molecule has 1 aliphatic heterocycles. The monoisotopic (exact) mass is 381 g/mol. The average Bonchev–Trinajstić information content (AvgIpc) is 2.50. The van der Waals surface area contributed by atoms with E-state index in [9.17, 15) is 13.5 Å². The Balaban J connectivity index is 2.30. The fraction of sp³-hybridized carbons (Fsp3) is 0.538. The average molecular weight is 383 g/mol. The molecule has 0 bridgehead atoms. The van der Waals surface area contributed by atoms with Crippen molar-refractivity contribution in [2.75, 3.05) is 13.1 Å². The maximum absolute atomic E-state index is 12.6. The van der Waals surface area contributed by atoms with E-state index in [-0.39, 0.29) is 9.92 Å². The highest BCUT2D eigenvalue weighted by Crippen LogP contribution is 2.30. The van der Waals surface area contributed by atoms with Gasteiger partial charge in [-0.3, -0.25) is 0 Å². The van der Waals surface area contributed by atoms with Crippen LogP contribution in [0.1, 0.15) is 26.2 Å². The first-order valence-corrected chi connectivity index (χ1v) is 9.01. The second-order valence-electron chi connectivity index (χ2n) is 5.33. The van der Waals surface area contributed by atoms with Crippen molar-refractivity contribution in [1.29, 1.82) is 0 Å². The Hall–Kier alpha value is -0.140. The number of nitrogens with zero attached hydrogens (tertiary/aromatic N) is 1. The molecule has 4 nitrogen and oxygen atoms in total. The van der Waals surface area contributed by atoms with Gasteiger partial charge in [0.15, 0.2) is 0 Å². The Morgan fingerprint density at radius 3 is 2.70 bits per heavy atom. The fourth-order valence-corrected chi connectivity index (χ4v) is 4.79. The van der Waals surface area contributed by atoms with Crippen molar-refractivity contribution < 1.29 is 13.5 Å². The molecule has 1 heterocycles. The summed E-state index contributed by atoms with van der Waals surface area (Å²) in [6, 6.07) is 4.74. The van der Waals surface area contributed by atoms with Crippen LogP contribution >= 0.6 is 27.5 Å². The molecular weight excluding hydrogens is 366 g/mol. The van der Waals surface area contributed by atoms with E-state index < -0.39 is 15.6 Å². The second kappa shape index (κ2) is 5.93. The molecule has 2 rings (SSSR count). The smallest absolute Gasteiger partial charge is 0.244 e. The van der Waals surface area contributed by atoms with E-state index in [1.165, 1.54) is 10.4 Å². The maximum Gasteiger partial charge on any atom is 0.244 e. The number of benzene rings is 1. The first kappa shape index (κ1) is 16.2. The van der Waals surface area contributed by atoms with Gasteiger partial charge in [-0.05, 0) is 44.4 Å². The highest BCUT2D eigenvalue weighted by Gasteiger charge is 2.32. The van der Waals surface area contributed by atoms with Crippen molar-refractivity contribution in [3.63, 3.8) is 0 Å².